The summed E-state index contributed by atoms with van der Waals surface area (Å²) in [5.41, 5.74) is 5.56. The number of rotatable bonds is 13. The number of amides is 2. The fourth-order valence-corrected chi connectivity index (χ4v) is 6.39. The van der Waals surface area contributed by atoms with Crippen LogP contribution in [0.3, 0.4) is 0 Å². The molecule has 1 heterocycles. The lowest BCUT2D eigenvalue weighted by Gasteiger charge is -2.32. The average Bonchev–Trinajstić information content (AvgIpc) is 3.81. The van der Waals surface area contributed by atoms with Gasteiger partial charge in [0.2, 0.25) is 21.8 Å². The summed E-state index contributed by atoms with van der Waals surface area (Å²) in [6.45, 7) is 3.62. The summed E-state index contributed by atoms with van der Waals surface area (Å²) < 4.78 is 34.5. The van der Waals surface area contributed by atoms with Crippen LogP contribution in [0.2, 0.25) is 0 Å². The molecule has 13 heteroatoms. The Labute approximate surface area is 246 Å². The predicted molar refractivity (Wildman–Crippen MR) is 158 cm³/mol. The van der Waals surface area contributed by atoms with Gasteiger partial charge >= 0.3 is 5.97 Å². The summed E-state index contributed by atoms with van der Waals surface area (Å²) >= 11 is 0. The molecule has 42 heavy (non-hydrogen) atoms. The van der Waals surface area contributed by atoms with Gasteiger partial charge < -0.3 is 25.6 Å². The van der Waals surface area contributed by atoms with Gasteiger partial charge in [0.15, 0.2) is 5.96 Å². The molecule has 2 aromatic carbocycles. The van der Waals surface area contributed by atoms with E-state index in [-0.39, 0.29) is 48.8 Å². The molecule has 228 valence electrons. The molecule has 2 aromatic rings. The highest BCUT2D eigenvalue weighted by atomic mass is 32.2. The molecule has 2 aliphatic rings. The van der Waals surface area contributed by atoms with Crippen molar-refractivity contribution in [2.75, 3.05) is 32.8 Å². The summed E-state index contributed by atoms with van der Waals surface area (Å²) in [5.74, 6) is -1.24. The Balaban J connectivity index is 1.48. The van der Waals surface area contributed by atoms with Gasteiger partial charge in [-0.1, -0.05) is 30.3 Å². The van der Waals surface area contributed by atoms with Crippen molar-refractivity contribution in [1.82, 2.24) is 19.8 Å². The van der Waals surface area contributed by atoms with Crippen LogP contribution in [0.1, 0.15) is 45.4 Å². The zero-order valence-electron chi connectivity index (χ0n) is 23.9. The number of ether oxygens (including phenoxy) is 1. The number of nitrogens with one attached hydrogen (secondary N) is 3. The van der Waals surface area contributed by atoms with Crippen LogP contribution in [0, 0.1) is 11.3 Å². The third kappa shape index (κ3) is 8.41. The largest absolute Gasteiger partial charge is 0.466 e. The minimum atomic E-state index is -4.18. The van der Waals surface area contributed by atoms with Crippen LogP contribution in [-0.2, 0) is 29.1 Å². The number of hydrogen-bond acceptors (Lipinski definition) is 7. The van der Waals surface area contributed by atoms with E-state index in [1.165, 1.54) is 17.0 Å². The van der Waals surface area contributed by atoms with Gasteiger partial charge in [0.1, 0.15) is 6.04 Å². The number of piperidine rings is 1. The summed E-state index contributed by atoms with van der Waals surface area (Å²) in [6, 6.07) is 10.6. The highest BCUT2D eigenvalue weighted by Crippen LogP contribution is 2.28. The van der Waals surface area contributed by atoms with Crippen LogP contribution in [0.5, 0.6) is 0 Å². The van der Waals surface area contributed by atoms with Crippen LogP contribution in [0.25, 0.3) is 10.8 Å². The minimum absolute atomic E-state index is 0.0128. The van der Waals surface area contributed by atoms with Gasteiger partial charge in [-0.3, -0.25) is 19.8 Å². The lowest BCUT2D eigenvalue weighted by atomic mass is 9.97. The van der Waals surface area contributed by atoms with Crippen molar-refractivity contribution in [1.29, 1.82) is 5.41 Å². The Morgan fingerprint density at radius 3 is 2.43 bits per heavy atom. The quantitative estimate of drug-likeness (QED) is 0.152. The second-order valence-electron chi connectivity index (χ2n) is 10.8. The first-order valence-corrected chi connectivity index (χ1v) is 15.9. The van der Waals surface area contributed by atoms with Crippen LogP contribution in [0.4, 0.5) is 0 Å². The number of likely N-dealkylation sites (tertiary alicyclic amines) is 1. The molecule has 0 radical (unpaired) electrons. The van der Waals surface area contributed by atoms with Crippen molar-refractivity contribution in [3.05, 3.63) is 42.5 Å². The maximum Gasteiger partial charge on any atom is 0.307 e. The van der Waals surface area contributed by atoms with Crippen LogP contribution >= 0.6 is 0 Å². The Kier molecular flexibility index (Phi) is 10.4. The van der Waals surface area contributed by atoms with E-state index in [1.54, 1.807) is 24.0 Å². The van der Waals surface area contributed by atoms with Gasteiger partial charge in [0.25, 0.3) is 0 Å². The second-order valence-corrected chi connectivity index (χ2v) is 12.5. The lowest BCUT2D eigenvalue weighted by Crippen LogP contribution is -2.52. The zero-order chi connectivity index (χ0) is 30.3. The molecule has 2 amide bonds. The van der Waals surface area contributed by atoms with E-state index in [4.69, 9.17) is 15.9 Å². The van der Waals surface area contributed by atoms with E-state index in [9.17, 15) is 22.8 Å². The van der Waals surface area contributed by atoms with Crippen LogP contribution < -0.4 is 15.8 Å². The Morgan fingerprint density at radius 1 is 1.10 bits per heavy atom. The molecule has 12 nitrogen and oxygen atoms in total. The lowest BCUT2D eigenvalue weighted by molar-refractivity contribution is -0.144. The van der Waals surface area contributed by atoms with Gasteiger partial charge in [-0.25, -0.2) is 8.42 Å². The van der Waals surface area contributed by atoms with E-state index in [2.05, 4.69) is 10.0 Å². The summed E-state index contributed by atoms with van der Waals surface area (Å²) in [5, 5.41) is 12.0. The number of carbonyl (C=O) groups excluding carboxylic acids is 3. The van der Waals surface area contributed by atoms with Crippen LogP contribution in [0.15, 0.2) is 47.4 Å². The topological polar surface area (TPSA) is 175 Å². The Bertz CT molecular complexity index is 1400. The number of nitrogens with two attached hydrogens (primary N) is 1. The number of esters is 1. The standard InChI is InChI=1S/C29H40N6O6S/c1-2-41-27(37)13-16-35(23-8-9-23)28(38)25(18-26(36)32-19-20-11-14-34(15-12-20)29(30)31)33-42(39,40)24-10-7-21-5-3-4-6-22(21)17-24/h3-7,10,17,20,23,25,33H,2,8-9,11-16,18-19H2,1H3,(H3,30,31)(H,32,36)/t25-/m0/s1. The highest BCUT2D eigenvalue weighted by Gasteiger charge is 2.38. The number of hydrogen-bond donors (Lipinski definition) is 4. The fourth-order valence-electron chi connectivity index (χ4n) is 5.17. The number of carbonyl (C=O) groups is 3. The van der Waals surface area contributed by atoms with Gasteiger partial charge in [0, 0.05) is 32.2 Å². The molecule has 4 rings (SSSR count). The molecule has 0 aromatic heterocycles. The summed E-state index contributed by atoms with van der Waals surface area (Å²) in [4.78, 5) is 42.1. The molecule has 1 saturated carbocycles. The molecule has 0 unspecified atom stereocenters. The zero-order valence-corrected chi connectivity index (χ0v) is 24.7. The molecular formula is C29H40N6O6S. The number of fused-ring (bicyclic) bond motifs is 1. The Hall–Kier alpha value is -3.71. The third-order valence-corrected chi connectivity index (χ3v) is 9.16. The van der Waals surface area contributed by atoms with Crippen molar-refractivity contribution in [3.63, 3.8) is 0 Å². The first kappa shape index (κ1) is 31.2. The smallest absolute Gasteiger partial charge is 0.307 e. The molecule has 0 spiro atoms. The van der Waals surface area contributed by atoms with Gasteiger partial charge in [-0.2, -0.15) is 4.72 Å². The number of sulfonamides is 1. The number of benzene rings is 2. The number of guanidine groups is 1. The van der Waals surface area contributed by atoms with Gasteiger partial charge in [-0.15, -0.1) is 0 Å². The molecule has 1 aliphatic heterocycles. The van der Waals surface area contributed by atoms with Crippen molar-refractivity contribution in [3.8, 4) is 0 Å². The SMILES string of the molecule is CCOC(=O)CCN(C(=O)[C@H](CC(=O)NCC1CCN(C(=N)N)CC1)NS(=O)(=O)c1ccc2ccccc2c1)C1CC1. The molecule has 0 bridgehead atoms. The van der Waals surface area contributed by atoms with E-state index in [0.717, 1.165) is 36.5 Å². The van der Waals surface area contributed by atoms with Crippen LogP contribution in [-0.4, -0.2) is 86.8 Å². The van der Waals surface area contributed by atoms with Gasteiger partial charge in [0.05, 0.1) is 24.3 Å². The van der Waals surface area contributed by atoms with Crippen molar-refractivity contribution in [2.45, 2.75) is 62.4 Å². The maximum absolute atomic E-state index is 13.8. The molecule has 5 N–H and O–H groups in total. The predicted octanol–water partition coefficient (Wildman–Crippen LogP) is 1.54. The normalized spacial score (nSPS) is 16.5. The monoisotopic (exact) mass is 600 g/mol. The molecule has 1 aliphatic carbocycles. The maximum atomic E-state index is 13.8. The van der Waals surface area contributed by atoms with E-state index < -0.39 is 33.8 Å². The fraction of sp³-hybridized carbons (Fsp3) is 0.517. The molecule has 1 saturated heterocycles. The first-order valence-electron chi connectivity index (χ1n) is 14.4. The summed E-state index contributed by atoms with van der Waals surface area (Å²) in [6.07, 6.45) is 2.57. The first-order chi connectivity index (χ1) is 20.1. The van der Waals surface area contributed by atoms with E-state index >= 15 is 0 Å². The van der Waals surface area contributed by atoms with Crippen molar-refractivity contribution >= 4 is 44.5 Å². The average molecular weight is 601 g/mol. The van der Waals surface area contributed by atoms with Crippen molar-refractivity contribution < 1.29 is 27.5 Å². The second kappa shape index (κ2) is 14.0. The number of nitrogens with zero attached hydrogens (tertiary/aromatic N) is 2. The Morgan fingerprint density at radius 2 is 1.79 bits per heavy atom. The van der Waals surface area contributed by atoms with E-state index in [1.807, 2.05) is 18.2 Å². The molecule has 1 atom stereocenters. The minimum Gasteiger partial charge on any atom is -0.466 e. The van der Waals surface area contributed by atoms with E-state index in [0.29, 0.717) is 19.6 Å². The highest BCUT2D eigenvalue weighted by molar-refractivity contribution is 7.89. The molecular weight excluding hydrogens is 560 g/mol. The van der Waals surface area contributed by atoms with Crippen molar-refractivity contribution in [2.24, 2.45) is 11.7 Å². The third-order valence-electron chi connectivity index (χ3n) is 7.69. The van der Waals surface area contributed by atoms with Gasteiger partial charge in [-0.05, 0) is 61.4 Å². The molecule has 2 fully saturated rings. The summed E-state index contributed by atoms with van der Waals surface area (Å²) in [7, 11) is -4.18.